The average Bonchev–Trinajstić information content (AvgIpc) is 2.29. The Balaban J connectivity index is 2.53. The predicted molar refractivity (Wildman–Crippen MR) is 64.1 cm³/mol. The molecule has 6 nitrogen and oxygen atoms in total. The SMILES string of the molecule is NCCCNC(=O)Nc1cccc(C(=O)O)c1. The number of carboxylic acid groups (broad SMARTS) is 1. The molecule has 0 aliphatic heterocycles. The summed E-state index contributed by atoms with van der Waals surface area (Å²) in [5, 5.41) is 13.9. The summed E-state index contributed by atoms with van der Waals surface area (Å²) in [7, 11) is 0. The van der Waals surface area contributed by atoms with Gasteiger partial charge in [0.1, 0.15) is 0 Å². The van der Waals surface area contributed by atoms with Crippen LogP contribution in [0, 0.1) is 0 Å². The Hall–Kier alpha value is -2.08. The molecule has 0 aliphatic rings. The second kappa shape index (κ2) is 6.49. The van der Waals surface area contributed by atoms with Crippen LogP contribution in [-0.2, 0) is 0 Å². The fourth-order valence-corrected chi connectivity index (χ4v) is 1.21. The minimum Gasteiger partial charge on any atom is -0.478 e. The third-order valence-electron chi connectivity index (χ3n) is 2.03. The summed E-state index contributed by atoms with van der Waals surface area (Å²) in [5.41, 5.74) is 5.85. The van der Waals surface area contributed by atoms with E-state index in [9.17, 15) is 9.59 Å². The van der Waals surface area contributed by atoms with Crippen LogP contribution in [0.15, 0.2) is 24.3 Å². The van der Waals surface area contributed by atoms with Gasteiger partial charge in [0.05, 0.1) is 5.56 Å². The Morgan fingerprint density at radius 1 is 1.35 bits per heavy atom. The first-order valence-corrected chi connectivity index (χ1v) is 5.22. The smallest absolute Gasteiger partial charge is 0.335 e. The molecule has 1 aromatic carbocycles. The van der Waals surface area contributed by atoms with Crippen molar-refractivity contribution in [2.45, 2.75) is 6.42 Å². The first-order chi connectivity index (χ1) is 8.13. The Morgan fingerprint density at radius 2 is 2.12 bits per heavy atom. The molecule has 0 saturated carbocycles. The van der Waals surface area contributed by atoms with Gasteiger partial charge in [0.15, 0.2) is 0 Å². The molecule has 17 heavy (non-hydrogen) atoms. The lowest BCUT2D eigenvalue weighted by Crippen LogP contribution is -2.30. The minimum absolute atomic E-state index is 0.129. The molecule has 1 rings (SSSR count). The van der Waals surface area contributed by atoms with E-state index in [1.165, 1.54) is 12.1 Å². The van der Waals surface area contributed by atoms with Gasteiger partial charge >= 0.3 is 12.0 Å². The molecule has 0 spiro atoms. The maximum absolute atomic E-state index is 11.4. The van der Waals surface area contributed by atoms with Crippen molar-refractivity contribution in [1.82, 2.24) is 5.32 Å². The Bertz CT molecular complexity index is 407. The number of rotatable bonds is 5. The fraction of sp³-hybridized carbons (Fsp3) is 0.273. The molecular weight excluding hydrogens is 222 g/mol. The number of urea groups is 1. The second-order valence-corrected chi connectivity index (χ2v) is 3.41. The number of nitrogens with two attached hydrogens (primary N) is 1. The number of carbonyl (C=O) groups is 2. The van der Waals surface area contributed by atoms with Crippen LogP contribution in [0.4, 0.5) is 10.5 Å². The van der Waals surface area contributed by atoms with Crippen LogP contribution in [0.3, 0.4) is 0 Å². The lowest BCUT2D eigenvalue weighted by Gasteiger charge is -2.07. The molecule has 0 aromatic heterocycles. The highest BCUT2D eigenvalue weighted by Gasteiger charge is 2.05. The van der Waals surface area contributed by atoms with E-state index in [0.29, 0.717) is 25.2 Å². The number of nitrogens with one attached hydrogen (secondary N) is 2. The lowest BCUT2D eigenvalue weighted by molar-refractivity contribution is 0.0697. The summed E-state index contributed by atoms with van der Waals surface area (Å²) in [6, 6.07) is 5.67. The van der Waals surface area contributed by atoms with E-state index in [4.69, 9.17) is 10.8 Å². The fourth-order valence-electron chi connectivity index (χ4n) is 1.21. The number of hydrogen-bond donors (Lipinski definition) is 4. The van der Waals surface area contributed by atoms with E-state index in [0.717, 1.165) is 0 Å². The minimum atomic E-state index is -1.03. The van der Waals surface area contributed by atoms with Crippen molar-refractivity contribution in [3.8, 4) is 0 Å². The van der Waals surface area contributed by atoms with Gasteiger partial charge in [0, 0.05) is 12.2 Å². The van der Waals surface area contributed by atoms with Crippen LogP contribution in [0.2, 0.25) is 0 Å². The van der Waals surface area contributed by atoms with Crippen molar-refractivity contribution in [1.29, 1.82) is 0 Å². The van der Waals surface area contributed by atoms with Crippen LogP contribution in [-0.4, -0.2) is 30.2 Å². The van der Waals surface area contributed by atoms with E-state index >= 15 is 0 Å². The summed E-state index contributed by atoms with van der Waals surface area (Å²) in [6.45, 7) is 0.996. The Morgan fingerprint density at radius 3 is 2.76 bits per heavy atom. The van der Waals surface area contributed by atoms with Crippen LogP contribution in [0.1, 0.15) is 16.8 Å². The van der Waals surface area contributed by atoms with Gasteiger partial charge in [-0.05, 0) is 31.2 Å². The number of anilines is 1. The predicted octanol–water partition coefficient (Wildman–Crippen LogP) is 0.855. The van der Waals surface area contributed by atoms with Gasteiger partial charge in [-0.3, -0.25) is 0 Å². The van der Waals surface area contributed by atoms with Gasteiger partial charge in [-0.25, -0.2) is 9.59 Å². The van der Waals surface area contributed by atoms with Crippen molar-refractivity contribution in [2.24, 2.45) is 5.73 Å². The van der Waals surface area contributed by atoms with Crippen LogP contribution < -0.4 is 16.4 Å². The van der Waals surface area contributed by atoms with Crippen molar-refractivity contribution in [3.63, 3.8) is 0 Å². The highest BCUT2D eigenvalue weighted by Crippen LogP contribution is 2.10. The third kappa shape index (κ3) is 4.52. The lowest BCUT2D eigenvalue weighted by atomic mass is 10.2. The molecule has 2 amide bonds. The Labute approximate surface area is 98.8 Å². The number of benzene rings is 1. The number of carboxylic acids is 1. The van der Waals surface area contributed by atoms with Gasteiger partial charge in [-0.1, -0.05) is 6.07 Å². The molecular formula is C11H15N3O3. The highest BCUT2D eigenvalue weighted by molar-refractivity contribution is 5.93. The van der Waals surface area contributed by atoms with Crippen LogP contribution >= 0.6 is 0 Å². The zero-order chi connectivity index (χ0) is 12.7. The standard InChI is InChI=1S/C11H15N3O3/c12-5-2-6-13-11(17)14-9-4-1-3-8(7-9)10(15)16/h1,3-4,7H,2,5-6,12H2,(H,15,16)(H2,13,14,17). The number of amides is 2. The Kier molecular flexibility index (Phi) is 4.96. The summed E-state index contributed by atoms with van der Waals surface area (Å²) < 4.78 is 0. The highest BCUT2D eigenvalue weighted by atomic mass is 16.4. The number of carbonyl (C=O) groups excluding carboxylic acids is 1. The van der Waals surface area contributed by atoms with Crippen molar-refractivity contribution in [2.75, 3.05) is 18.4 Å². The quantitative estimate of drug-likeness (QED) is 0.570. The molecule has 0 atom stereocenters. The number of hydrogen-bond acceptors (Lipinski definition) is 3. The molecule has 6 heteroatoms. The van der Waals surface area contributed by atoms with Gasteiger partial charge in [-0.15, -0.1) is 0 Å². The van der Waals surface area contributed by atoms with E-state index < -0.39 is 5.97 Å². The molecule has 0 heterocycles. The van der Waals surface area contributed by atoms with E-state index in [1.807, 2.05) is 0 Å². The van der Waals surface area contributed by atoms with Gasteiger partial charge in [-0.2, -0.15) is 0 Å². The summed E-state index contributed by atoms with van der Waals surface area (Å²) in [4.78, 5) is 22.1. The molecule has 0 fully saturated rings. The normalized spacial score (nSPS) is 9.71. The maximum Gasteiger partial charge on any atom is 0.335 e. The van der Waals surface area contributed by atoms with Crippen molar-refractivity contribution >= 4 is 17.7 Å². The van der Waals surface area contributed by atoms with Gasteiger partial charge < -0.3 is 21.5 Å². The molecule has 0 bridgehead atoms. The van der Waals surface area contributed by atoms with Crippen molar-refractivity contribution in [3.05, 3.63) is 29.8 Å². The first-order valence-electron chi connectivity index (χ1n) is 5.22. The largest absolute Gasteiger partial charge is 0.478 e. The summed E-state index contributed by atoms with van der Waals surface area (Å²) >= 11 is 0. The monoisotopic (exact) mass is 237 g/mol. The van der Waals surface area contributed by atoms with E-state index in [1.54, 1.807) is 12.1 Å². The molecule has 0 saturated heterocycles. The summed E-state index contributed by atoms with van der Waals surface area (Å²) in [5.74, 6) is -1.03. The topological polar surface area (TPSA) is 104 Å². The zero-order valence-electron chi connectivity index (χ0n) is 9.27. The second-order valence-electron chi connectivity index (χ2n) is 3.41. The van der Waals surface area contributed by atoms with Gasteiger partial charge in [0.2, 0.25) is 0 Å². The average molecular weight is 237 g/mol. The van der Waals surface area contributed by atoms with Gasteiger partial charge in [0.25, 0.3) is 0 Å². The first kappa shape index (κ1) is 13.0. The maximum atomic E-state index is 11.4. The van der Waals surface area contributed by atoms with E-state index in [2.05, 4.69) is 10.6 Å². The summed E-state index contributed by atoms with van der Waals surface area (Å²) in [6.07, 6.45) is 0.697. The molecule has 0 aliphatic carbocycles. The molecule has 0 unspecified atom stereocenters. The van der Waals surface area contributed by atoms with Crippen LogP contribution in [0.25, 0.3) is 0 Å². The molecule has 0 radical (unpaired) electrons. The molecule has 1 aromatic rings. The van der Waals surface area contributed by atoms with Crippen molar-refractivity contribution < 1.29 is 14.7 Å². The molecule has 92 valence electrons. The molecule has 5 N–H and O–H groups in total. The third-order valence-corrected chi connectivity index (χ3v) is 2.03. The van der Waals surface area contributed by atoms with E-state index in [-0.39, 0.29) is 11.6 Å². The zero-order valence-corrected chi connectivity index (χ0v) is 9.27. The van der Waals surface area contributed by atoms with Crippen LogP contribution in [0.5, 0.6) is 0 Å². The number of aromatic carboxylic acids is 1.